The Bertz CT molecular complexity index is 1070. The fourth-order valence-corrected chi connectivity index (χ4v) is 4.52. The van der Waals surface area contributed by atoms with Crippen molar-refractivity contribution in [3.63, 3.8) is 0 Å². The molecule has 4 rings (SSSR count). The summed E-state index contributed by atoms with van der Waals surface area (Å²) in [7, 11) is 1.66. The van der Waals surface area contributed by atoms with Crippen molar-refractivity contribution in [1.29, 1.82) is 0 Å². The van der Waals surface area contributed by atoms with Crippen LogP contribution in [-0.4, -0.2) is 36.2 Å². The average Bonchev–Trinajstić information content (AvgIpc) is 3.30. The minimum atomic E-state index is 0.0593. The van der Waals surface area contributed by atoms with E-state index in [9.17, 15) is 4.79 Å². The molecular formula is C26H32N2O3. The molecular weight excluding hydrogens is 388 g/mol. The maximum Gasteiger partial charge on any atom is 0.251 e. The van der Waals surface area contributed by atoms with Crippen molar-refractivity contribution in [2.24, 2.45) is 5.41 Å². The molecule has 1 fully saturated rings. The monoisotopic (exact) mass is 420 g/mol. The van der Waals surface area contributed by atoms with Crippen LogP contribution in [0.4, 0.5) is 0 Å². The Labute approximate surface area is 183 Å². The van der Waals surface area contributed by atoms with Gasteiger partial charge in [-0.15, -0.1) is 0 Å². The second-order valence-electron chi connectivity index (χ2n) is 8.88. The van der Waals surface area contributed by atoms with E-state index in [1.165, 1.54) is 12.8 Å². The predicted molar refractivity (Wildman–Crippen MR) is 126 cm³/mol. The largest absolute Gasteiger partial charge is 0.497 e. The Morgan fingerprint density at radius 3 is 2.71 bits per heavy atom. The molecule has 0 saturated carbocycles. The highest BCUT2D eigenvalue weighted by Crippen LogP contribution is 2.35. The Morgan fingerprint density at radius 2 is 1.97 bits per heavy atom. The SMILES string of the molecule is COc1ccc2ccc(=O)n(CCCC3(C)CCN(C/C=C/c4ccco4)CC3)c2c1. The average molecular weight is 421 g/mol. The third-order valence-electron chi connectivity index (χ3n) is 6.61. The number of pyridine rings is 1. The quantitative estimate of drug-likeness (QED) is 0.503. The molecule has 0 bridgehead atoms. The van der Waals surface area contributed by atoms with Crippen molar-refractivity contribution in [3.8, 4) is 5.75 Å². The Hall–Kier alpha value is -2.79. The molecule has 0 radical (unpaired) electrons. The third kappa shape index (κ3) is 5.28. The second kappa shape index (κ2) is 9.56. The van der Waals surface area contributed by atoms with Crippen LogP contribution in [0, 0.1) is 5.41 Å². The molecule has 0 atom stereocenters. The van der Waals surface area contributed by atoms with Crippen LogP contribution in [0.15, 0.2) is 64.0 Å². The van der Waals surface area contributed by atoms with Crippen LogP contribution in [0.5, 0.6) is 5.75 Å². The van der Waals surface area contributed by atoms with E-state index in [1.807, 2.05) is 47.0 Å². The fraction of sp³-hybridized carbons (Fsp3) is 0.423. The van der Waals surface area contributed by atoms with Gasteiger partial charge in [0.05, 0.1) is 18.9 Å². The number of hydrogen-bond acceptors (Lipinski definition) is 4. The van der Waals surface area contributed by atoms with E-state index in [4.69, 9.17) is 9.15 Å². The summed E-state index contributed by atoms with van der Waals surface area (Å²) in [6.07, 6.45) is 10.5. The molecule has 5 nitrogen and oxygen atoms in total. The molecule has 2 aromatic heterocycles. The molecule has 0 aliphatic carbocycles. The van der Waals surface area contributed by atoms with Gasteiger partial charge in [0, 0.05) is 25.2 Å². The standard InChI is InChI=1S/C26H32N2O3/c1-26(13-17-27(18-14-26)15-3-6-22-7-4-19-31-22)12-5-16-28-24-20-23(30-2)10-8-21(24)9-11-25(28)29/h3-4,6-11,19-20H,5,12-18H2,1-2H3/b6-3+. The Kier molecular flexibility index (Phi) is 6.62. The highest BCUT2D eigenvalue weighted by atomic mass is 16.5. The number of nitrogens with zero attached hydrogens (tertiary/aromatic N) is 2. The van der Waals surface area contributed by atoms with E-state index >= 15 is 0 Å². The number of aryl methyl sites for hydroxylation is 1. The summed E-state index contributed by atoms with van der Waals surface area (Å²) in [4.78, 5) is 15.0. The predicted octanol–water partition coefficient (Wildman–Crippen LogP) is 5.20. The number of hydrogen-bond donors (Lipinski definition) is 0. The summed E-state index contributed by atoms with van der Waals surface area (Å²) in [5, 5.41) is 1.07. The summed E-state index contributed by atoms with van der Waals surface area (Å²) >= 11 is 0. The second-order valence-corrected chi connectivity index (χ2v) is 8.88. The zero-order chi connectivity index (χ0) is 21.7. The summed E-state index contributed by atoms with van der Waals surface area (Å²) in [5.74, 6) is 1.69. The number of fused-ring (bicyclic) bond motifs is 1. The van der Waals surface area contributed by atoms with Crippen LogP contribution < -0.4 is 10.3 Å². The summed E-state index contributed by atoms with van der Waals surface area (Å²) in [6.45, 7) is 6.34. The Morgan fingerprint density at radius 1 is 1.16 bits per heavy atom. The number of likely N-dealkylation sites (tertiary alicyclic amines) is 1. The van der Waals surface area contributed by atoms with Gasteiger partial charge in [-0.1, -0.05) is 13.0 Å². The number of benzene rings is 1. The number of methoxy groups -OCH3 is 1. The number of piperidine rings is 1. The van der Waals surface area contributed by atoms with Gasteiger partial charge in [0.25, 0.3) is 5.56 Å². The minimum absolute atomic E-state index is 0.0593. The van der Waals surface area contributed by atoms with Gasteiger partial charge < -0.3 is 13.7 Å². The van der Waals surface area contributed by atoms with E-state index < -0.39 is 0 Å². The van der Waals surface area contributed by atoms with Crippen LogP contribution in [0.25, 0.3) is 17.0 Å². The van der Waals surface area contributed by atoms with Crippen molar-refractivity contribution in [2.75, 3.05) is 26.7 Å². The van der Waals surface area contributed by atoms with Gasteiger partial charge in [-0.05, 0) is 86.0 Å². The van der Waals surface area contributed by atoms with E-state index in [2.05, 4.69) is 17.9 Å². The topological polar surface area (TPSA) is 47.6 Å². The first-order valence-electron chi connectivity index (χ1n) is 11.2. The van der Waals surface area contributed by atoms with Crippen molar-refractivity contribution in [1.82, 2.24) is 9.47 Å². The zero-order valence-corrected chi connectivity index (χ0v) is 18.5. The molecule has 1 saturated heterocycles. The van der Waals surface area contributed by atoms with E-state index in [0.29, 0.717) is 5.41 Å². The fourth-order valence-electron chi connectivity index (χ4n) is 4.52. The van der Waals surface area contributed by atoms with Gasteiger partial charge in [0.1, 0.15) is 11.5 Å². The van der Waals surface area contributed by atoms with Gasteiger partial charge in [-0.3, -0.25) is 9.69 Å². The summed E-state index contributed by atoms with van der Waals surface area (Å²) < 4.78 is 12.6. The number of rotatable bonds is 8. The lowest BCUT2D eigenvalue weighted by molar-refractivity contribution is 0.116. The third-order valence-corrected chi connectivity index (χ3v) is 6.61. The minimum Gasteiger partial charge on any atom is -0.497 e. The van der Waals surface area contributed by atoms with Gasteiger partial charge in [-0.2, -0.15) is 0 Å². The summed E-state index contributed by atoms with van der Waals surface area (Å²) in [6, 6.07) is 13.4. The van der Waals surface area contributed by atoms with Gasteiger partial charge in [0.15, 0.2) is 0 Å². The maximum absolute atomic E-state index is 12.5. The van der Waals surface area contributed by atoms with E-state index in [-0.39, 0.29) is 5.56 Å². The molecule has 0 N–H and O–H groups in total. The molecule has 0 amide bonds. The van der Waals surface area contributed by atoms with Crippen molar-refractivity contribution in [3.05, 3.63) is 70.9 Å². The first kappa shape index (κ1) is 21.4. The molecule has 1 aromatic carbocycles. The smallest absolute Gasteiger partial charge is 0.251 e. The van der Waals surface area contributed by atoms with Crippen molar-refractivity contribution < 1.29 is 9.15 Å². The van der Waals surface area contributed by atoms with Crippen LogP contribution in [0.1, 0.15) is 38.4 Å². The molecule has 3 aromatic rings. The first-order valence-corrected chi connectivity index (χ1v) is 11.2. The molecule has 164 valence electrons. The van der Waals surface area contributed by atoms with Crippen LogP contribution in [0.2, 0.25) is 0 Å². The molecule has 31 heavy (non-hydrogen) atoms. The van der Waals surface area contributed by atoms with E-state index in [1.54, 1.807) is 19.4 Å². The molecule has 1 aliphatic heterocycles. The lowest BCUT2D eigenvalue weighted by Crippen LogP contribution is -2.38. The number of ether oxygens (including phenoxy) is 1. The van der Waals surface area contributed by atoms with Crippen LogP contribution in [0.3, 0.4) is 0 Å². The lowest BCUT2D eigenvalue weighted by Gasteiger charge is -2.39. The zero-order valence-electron chi connectivity index (χ0n) is 18.5. The van der Waals surface area contributed by atoms with Gasteiger partial charge in [-0.25, -0.2) is 0 Å². The van der Waals surface area contributed by atoms with Crippen LogP contribution in [-0.2, 0) is 6.54 Å². The van der Waals surface area contributed by atoms with Crippen molar-refractivity contribution in [2.45, 2.75) is 39.2 Å². The first-order chi connectivity index (χ1) is 15.1. The molecule has 0 spiro atoms. The summed E-state index contributed by atoms with van der Waals surface area (Å²) in [5.41, 5.74) is 1.35. The molecule has 5 heteroatoms. The maximum atomic E-state index is 12.5. The highest BCUT2D eigenvalue weighted by Gasteiger charge is 2.29. The highest BCUT2D eigenvalue weighted by molar-refractivity contribution is 5.80. The Balaban J connectivity index is 1.31. The normalized spacial score (nSPS) is 16.8. The van der Waals surface area contributed by atoms with Gasteiger partial charge >= 0.3 is 0 Å². The lowest BCUT2D eigenvalue weighted by atomic mass is 9.76. The number of furan rings is 1. The molecule has 3 heterocycles. The molecule has 1 aliphatic rings. The van der Waals surface area contributed by atoms with E-state index in [0.717, 1.165) is 61.4 Å². The number of aromatic nitrogens is 1. The van der Waals surface area contributed by atoms with Crippen molar-refractivity contribution >= 4 is 17.0 Å². The van der Waals surface area contributed by atoms with Gasteiger partial charge in [0.2, 0.25) is 0 Å². The molecule has 0 unspecified atom stereocenters. The van der Waals surface area contributed by atoms with Crippen LogP contribution >= 0.6 is 0 Å².